The van der Waals surface area contributed by atoms with Crippen molar-refractivity contribution in [3.8, 4) is 0 Å². The standard InChI is InChI=1S/C22H27N5O3S/c1-14-8-15(2)11-26(10-14)21(29)12-27-18-7-5-4-6-17(18)23-22(27)31-13-20(28)24-19-9-16(3)30-25-19/h4-7,9,14-15H,8,10-13H2,1-3H3,(H,24,25,28)/t14-,15-/m0/s1. The summed E-state index contributed by atoms with van der Waals surface area (Å²) in [6.07, 6.45) is 1.15. The van der Waals surface area contributed by atoms with E-state index in [4.69, 9.17) is 4.52 Å². The molecule has 2 aromatic heterocycles. The number of carbonyl (C=O) groups is 2. The van der Waals surface area contributed by atoms with E-state index in [1.54, 1.807) is 13.0 Å². The summed E-state index contributed by atoms with van der Waals surface area (Å²) in [5.41, 5.74) is 1.70. The van der Waals surface area contributed by atoms with Gasteiger partial charge in [-0.1, -0.05) is 42.9 Å². The zero-order chi connectivity index (χ0) is 22.0. The van der Waals surface area contributed by atoms with Crippen molar-refractivity contribution in [3.63, 3.8) is 0 Å². The van der Waals surface area contributed by atoms with Gasteiger partial charge in [-0.15, -0.1) is 0 Å². The van der Waals surface area contributed by atoms with E-state index in [9.17, 15) is 9.59 Å². The molecule has 0 radical (unpaired) electrons. The summed E-state index contributed by atoms with van der Waals surface area (Å²) < 4.78 is 6.89. The number of carbonyl (C=O) groups excluding carboxylic acids is 2. The van der Waals surface area contributed by atoms with Crippen LogP contribution in [0.25, 0.3) is 11.0 Å². The van der Waals surface area contributed by atoms with Crippen LogP contribution in [0, 0.1) is 18.8 Å². The van der Waals surface area contributed by atoms with Gasteiger partial charge < -0.3 is 19.3 Å². The van der Waals surface area contributed by atoms with Crippen LogP contribution in [-0.4, -0.2) is 50.3 Å². The van der Waals surface area contributed by atoms with Gasteiger partial charge in [-0.05, 0) is 37.3 Å². The minimum Gasteiger partial charge on any atom is -0.360 e. The number of aryl methyl sites for hydroxylation is 1. The summed E-state index contributed by atoms with van der Waals surface area (Å²) in [4.78, 5) is 32.1. The first kappa shape index (κ1) is 21.4. The summed E-state index contributed by atoms with van der Waals surface area (Å²) >= 11 is 1.31. The van der Waals surface area contributed by atoms with E-state index in [0.29, 0.717) is 28.6 Å². The fourth-order valence-electron chi connectivity index (χ4n) is 4.15. The molecule has 1 aliphatic heterocycles. The van der Waals surface area contributed by atoms with Gasteiger partial charge in [-0.25, -0.2) is 4.98 Å². The Bertz CT molecular complexity index is 1080. The number of anilines is 1. The van der Waals surface area contributed by atoms with Crippen molar-refractivity contribution < 1.29 is 14.1 Å². The Balaban J connectivity index is 1.49. The molecule has 4 rings (SSSR count). The number of thioether (sulfide) groups is 1. The lowest BCUT2D eigenvalue weighted by Gasteiger charge is -2.35. The van der Waals surface area contributed by atoms with E-state index < -0.39 is 0 Å². The SMILES string of the molecule is Cc1cc(NC(=O)CSc2nc3ccccc3n2CC(=O)N2C[C@@H](C)C[C@H](C)C2)no1. The van der Waals surface area contributed by atoms with Crippen LogP contribution in [0.3, 0.4) is 0 Å². The molecular formula is C22H27N5O3S. The molecule has 0 bridgehead atoms. The molecule has 1 aliphatic rings. The van der Waals surface area contributed by atoms with Gasteiger partial charge in [-0.2, -0.15) is 0 Å². The van der Waals surface area contributed by atoms with Crippen molar-refractivity contribution in [3.05, 3.63) is 36.1 Å². The molecule has 3 heterocycles. The molecule has 1 fully saturated rings. The Hall–Kier alpha value is -2.81. The van der Waals surface area contributed by atoms with Gasteiger partial charge >= 0.3 is 0 Å². The molecule has 1 aromatic carbocycles. The Morgan fingerprint density at radius 2 is 1.97 bits per heavy atom. The number of benzene rings is 1. The van der Waals surface area contributed by atoms with E-state index >= 15 is 0 Å². The number of para-hydroxylation sites is 2. The third-order valence-corrected chi connectivity index (χ3v) is 6.34. The first-order valence-corrected chi connectivity index (χ1v) is 11.5. The van der Waals surface area contributed by atoms with Crippen molar-refractivity contribution in [1.82, 2.24) is 19.6 Å². The lowest BCUT2D eigenvalue weighted by molar-refractivity contribution is -0.134. The third kappa shape index (κ3) is 5.10. The number of piperidine rings is 1. The van der Waals surface area contributed by atoms with Gasteiger partial charge in [0.15, 0.2) is 11.0 Å². The van der Waals surface area contributed by atoms with Crippen LogP contribution in [0.4, 0.5) is 5.82 Å². The van der Waals surface area contributed by atoms with E-state index in [2.05, 4.69) is 29.3 Å². The maximum absolute atomic E-state index is 13.1. The van der Waals surface area contributed by atoms with Crippen LogP contribution in [-0.2, 0) is 16.1 Å². The second-order valence-electron chi connectivity index (χ2n) is 8.37. The molecule has 9 heteroatoms. The number of nitrogens with zero attached hydrogens (tertiary/aromatic N) is 4. The van der Waals surface area contributed by atoms with Gasteiger partial charge in [0.25, 0.3) is 0 Å². The van der Waals surface area contributed by atoms with Crippen molar-refractivity contribution >= 4 is 40.4 Å². The minimum atomic E-state index is -0.207. The summed E-state index contributed by atoms with van der Waals surface area (Å²) in [7, 11) is 0. The summed E-state index contributed by atoms with van der Waals surface area (Å²) in [6, 6.07) is 9.40. The van der Waals surface area contributed by atoms with Crippen molar-refractivity contribution in [2.45, 2.75) is 38.9 Å². The predicted octanol–water partition coefficient (Wildman–Crippen LogP) is 3.57. The van der Waals surface area contributed by atoms with Crippen LogP contribution in [0.15, 0.2) is 40.0 Å². The van der Waals surface area contributed by atoms with Crippen LogP contribution in [0.5, 0.6) is 0 Å². The lowest BCUT2D eigenvalue weighted by atomic mass is 9.92. The predicted molar refractivity (Wildman–Crippen MR) is 120 cm³/mol. The van der Waals surface area contributed by atoms with Crippen LogP contribution in [0.2, 0.25) is 0 Å². The highest BCUT2D eigenvalue weighted by atomic mass is 32.2. The smallest absolute Gasteiger partial charge is 0.242 e. The third-order valence-electron chi connectivity index (χ3n) is 5.36. The van der Waals surface area contributed by atoms with Crippen molar-refractivity contribution in [2.75, 3.05) is 24.2 Å². The average Bonchev–Trinajstić information content (AvgIpc) is 3.29. The molecule has 164 valence electrons. The molecule has 0 spiro atoms. The lowest BCUT2D eigenvalue weighted by Crippen LogP contribution is -2.44. The van der Waals surface area contributed by atoms with Crippen LogP contribution in [0.1, 0.15) is 26.0 Å². The number of aromatic nitrogens is 3. The summed E-state index contributed by atoms with van der Waals surface area (Å²) in [5.74, 6) is 2.06. The second-order valence-corrected chi connectivity index (χ2v) is 9.32. The summed E-state index contributed by atoms with van der Waals surface area (Å²) in [6.45, 7) is 7.94. The molecule has 2 amide bonds. The molecule has 1 N–H and O–H groups in total. The van der Waals surface area contributed by atoms with Gasteiger partial charge in [0.2, 0.25) is 11.8 Å². The molecular weight excluding hydrogens is 414 g/mol. The normalized spacial score (nSPS) is 19.0. The van der Waals surface area contributed by atoms with E-state index in [0.717, 1.165) is 30.5 Å². The zero-order valence-corrected chi connectivity index (χ0v) is 18.8. The van der Waals surface area contributed by atoms with Crippen molar-refractivity contribution in [1.29, 1.82) is 0 Å². The Morgan fingerprint density at radius 3 is 2.68 bits per heavy atom. The molecule has 2 atom stereocenters. The first-order valence-electron chi connectivity index (χ1n) is 10.5. The monoisotopic (exact) mass is 441 g/mol. The van der Waals surface area contributed by atoms with Gasteiger partial charge in [0.1, 0.15) is 12.3 Å². The number of amides is 2. The molecule has 0 saturated carbocycles. The largest absolute Gasteiger partial charge is 0.360 e. The maximum Gasteiger partial charge on any atom is 0.242 e. The Morgan fingerprint density at radius 1 is 1.23 bits per heavy atom. The molecule has 1 saturated heterocycles. The second kappa shape index (κ2) is 9.13. The van der Waals surface area contributed by atoms with Gasteiger partial charge in [0.05, 0.1) is 16.8 Å². The maximum atomic E-state index is 13.1. The fourth-order valence-corrected chi connectivity index (χ4v) is 4.97. The van der Waals surface area contributed by atoms with E-state index in [1.165, 1.54) is 11.8 Å². The minimum absolute atomic E-state index is 0.0888. The quantitative estimate of drug-likeness (QED) is 0.588. The topological polar surface area (TPSA) is 93.3 Å². The zero-order valence-electron chi connectivity index (χ0n) is 18.0. The molecule has 0 aliphatic carbocycles. The highest BCUT2D eigenvalue weighted by Gasteiger charge is 2.26. The molecule has 31 heavy (non-hydrogen) atoms. The highest BCUT2D eigenvalue weighted by molar-refractivity contribution is 7.99. The Kier molecular flexibility index (Phi) is 6.31. The van der Waals surface area contributed by atoms with Gasteiger partial charge in [0, 0.05) is 19.2 Å². The molecule has 3 aromatic rings. The fraction of sp³-hybridized carbons (Fsp3) is 0.455. The Labute approximate surface area is 185 Å². The van der Waals surface area contributed by atoms with Gasteiger partial charge in [-0.3, -0.25) is 9.59 Å². The van der Waals surface area contributed by atoms with E-state index in [-0.39, 0.29) is 24.1 Å². The van der Waals surface area contributed by atoms with Crippen LogP contribution < -0.4 is 5.32 Å². The first-order chi connectivity index (χ1) is 14.9. The average molecular weight is 442 g/mol. The summed E-state index contributed by atoms with van der Waals surface area (Å²) in [5, 5.41) is 7.14. The molecule has 8 nitrogen and oxygen atoms in total. The number of fused-ring (bicyclic) bond motifs is 1. The van der Waals surface area contributed by atoms with E-state index in [1.807, 2.05) is 33.7 Å². The number of likely N-dealkylation sites (tertiary alicyclic amines) is 1. The van der Waals surface area contributed by atoms with Crippen LogP contribution >= 0.6 is 11.8 Å². The highest BCUT2D eigenvalue weighted by Crippen LogP contribution is 2.26. The number of rotatable bonds is 6. The molecule has 0 unspecified atom stereocenters. The number of nitrogens with one attached hydrogen (secondary N) is 1. The number of imidazole rings is 1. The van der Waals surface area contributed by atoms with Crippen molar-refractivity contribution in [2.24, 2.45) is 11.8 Å². The number of hydrogen-bond donors (Lipinski definition) is 1. The number of hydrogen-bond acceptors (Lipinski definition) is 6.